The summed E-state index contributed by atoms with van der Waals surface area (Å²) in [5, 5.41) is 13.1. The van der Waals surface area contributed by atoms with Crippen LogP contribution in [0.1, 0.15) is 45.4 Å². The molecule has 0 radical (unpaired) electrons. The van der Waals surface area contributed by atoms with Gasteiger partial charge in [0.05, 0.1) is 11.9 Å². The summed E-state index contributed by atoms with van der Waals surface area (Å²) in [5.74, 6) is -0.327. The molecule has 1 fully saturated rings. The van der Waals surface area contributed by atoms with Crippen molar-refractivity contribution in [3.8, 4) is 0 Å². The number of aromatic nitrogens is 3. The summed E-state index contributed by atoms with van der Waals surface area (Å²) >= 11 is 1.17. The van der Waals surface area contributed by atoms with Gasteiger partial charge in [-0.05, 0) is 26.7 Å². The van der Waals surface area contributed by atoms with Gasteiger partial charge in [0.1, 0.15) is 12.2 Å². The van der Waals surface area contributed by atoms with E-state index in [1.165, 1.54) is 11.8 Å². The molecule has 1 aromatic heterocycles. The van der Waals surface area contributed by atoms with Gasteiger partial charge in [0, 0.05) is 13.1 Å². The predicted molar refractivity (Wildman–Crippen MR) is 95.6 cm³/mol. The Kier molecular flexibility index (Phi) is 7.43. The van der Waals surface area contributed by atoms with Crippen molar-refractivity contribution in [2.24, 2.45) is 7.05 Å². The first-order valence-corrected chi connectivity index (χ1v) is 9.60. The number of thioether (sulfide) groups is 1. The van der Waals surface area contributed by atoms with E-state index < -0.39 is 17.2 Å². The number of amides is 3. The van der Waals surface area contributed by atoms with Gasteiger partial charge in [-0.2, -0.15) is 0 Å². The van der Waals surface area contributed by atoms with E-state index in [9.17, 15) is 14.4 Å². The normalized spacial score (nSPS) is 15.5. The number of carbonyl (C=O) groups excluding carboxylic acids is 3. The number of imide groups is 1. The standard InChI is InChI=1S/C16H25N5O4S/c1-4-25-13(22)9-12-19-20-16(21(12)3)26-10(2)14(23)18-15(24)17-11-7-5-6-8-11/h10-11H,4-9H2,1-3H3,(H2,17,18,23,24)/t10-/m0/s1. The largest absolute Gasteiger partial charge is 0.466 e. The quantitative estimate of drug-likeness (QED) is 0.536. The van der Waals surface area contributed by atoms with Gasteiger partial charge < -0.3 is 14.6 Å². The molecule has 2 N–H and O–H groups in total. The predicted octanol–water partition coefficient (Wildman–Crippen LogP) is 1.17. The lowest BCUT2D eigenvalue weighted by Gasteiger charge is -2.14. The average molecular weight is 383 g/mol. The van der Waals surface area contributed by atoms with Gasteiger partial charge in [0.25, 0.3) is 0 Å². The highest BCUT2D eigenvalue weighted by molar-refractivity contribution is 8.00. The minimum Gasteiger partial charge on any atom is -0.466 e. The number of ether oxygens (including phenoxy) is 1. The zero-order valence-corrected chi connectivity index (χ0v) is 16.1. The van der Waals surface area contributed by atoms with E-state index >= 15 is 0 Å². The number of carbonyl (C=O) groups is 3. The first kappa shape index (κ1) is 20.2. The Hall–Kier alpha value is -2.10. The summed E-state index contributed by atoms with van der Waals surface area (Å²) in [6, 6.07) is -0.315. The Morgan fingerprint density at radius 2 is 2.00 bits per heavy atom. The molecule has 1 aromatic rings. The van der Waals surface area contributed by atoms with Crippen LogP contribution in [0.4, 0.5) is 4.79 Å². The Bertz CT molecular complexity index is 657. The van der Waals surface area contributed by atoms with Crippen LogP contribution in [0.5, 0.6) is 0 Å². The van der Waals surface area contributed by atoms with E-state index in [2.05, 4.69) is 20.8 Å². The molecule has 0 aliphatic heterocycles. The van der Waals surface area contributed by atoms with Crippen molar-refractivity contribution in [1.82, 2.24) is 25.4 Å². The molecule has 0 unspecified atom stereocenters. The highest BCUT2D eigenvalue weighted by atomic mass is 32.2. The van der Waals surface area contributed by atoms with Crippen LogP contribution in [0.2, 0.25) is 0 Å². The topological polar surface area (TPSA) is 115 Å². The Morgan fingerprint density at radius 1 is 1.31 bits per heavy atom. The first-order chi connectivity index (χ1) is 12.4. The van der Waals surface area contributed by atoms with E-state index in [0.717, 1.165) is 25.7 Å². The van der Waals surface area contributed by atoms with Crippen LogP contribution < -0.4 is 10.6 Å². The summed E-state index contributed by atoms with van der Waals surface area (Å²) in [4.78, 5) is 35.6. The first-order valence-electron chi connectivity index (χ1n) is 8.72. The minimum absolute atomic E-state index is 0.0161. The third kappa shape index (κ3) is 5.72. The fourth-order valence-electron chi connectivity index (χ4n) is 2.66. The molecule has 1 saturated carbocycles. The number of nitrogens with one attached hydrogen (secondary N) is 2. The smallest absolute Gasteiger partial charge is 0.321 e. The van der Waals surface area contributed by atoms with Crippen molar-refractivity contribution in [2.75, 3.05) is 6.61 Å². The number of nitrogens with zero attached hydrogens (tertiary/aromatic N) is 3. The molecule has 2 rings (SSSR count). The van der Waals surface area contributed by atoms with Gasteiger partial charge in [-0.25, -0.2) is 4.79 Å². The van der Waals surface area contributed by atoms with Crippen LogP contribution in [0.15, 0.2) is 5.16 Å². The van der Waals surface area contributed by atoms with E-state index in [1.807, 2.05) is 0 Å². The third-order valence-electron chi connectivity index (χ3n) is 4.11. The Morgan fingerprint density at radius 3 is 2.65 bits per heavy atom. The summed E-state index contributed by atoms with van der Waals surface area (Å²) in [6.07, 6.45) is 4.13. The molecular formula is C16H25N5O4S. The number of hydrogen-bond acceptors (Lipinski definition) is 7. The van der Waals surface area contributed by atoms with Gasteiger partial charge in [-0.3, -0.25) is 14.9 Å². The maximum atomic E-state index is 12.2. The second-order valence-corrected chi connectivity index (χ2v) is 7.45. The molecule has 1 aliphatic rings. The molecule has 0 bridgehead atoms. The monoisotopic (exact) mass is 383 g/mol. The van der Waals surface area contributed by atoms with Crippen LogP contribution in [0, 0.1) is 0 Å². The lowest BCUT2D eigenvalue weighted by Crippen LogP contribution is -2.45. The van der Waals surface area contributed by atoms with E-state index in [4.69, 9.17) is 4.74 Å². The molecule has 26 heavy (non-hydrogen) atoms. The number of rotatable bonds is 7. The molecular weight excluding hydrogens is 358 g/mol. The van der Waals surface area contributed by atoms with Gasteiger partial charge in [-0.15, -0.1) is 10.2 Å². The average Bonchev–Trinajstić information content (AvgIpc) is 3.20. The zero-order valence-electron chi connectivity index (χ0n) is 15.3. The fraction of sp³-hybridized carbons (Fsp3) is 0.688. The van der Waals surface area contributed by atoms with Crippen molar-refractivity contribution >= 4 is 29.7 Å². The lowest BCUT2D eigenvalue weighted by atomic mass is 10.2. The van der Waals surface area contributed by atoms with Crippen molar-refractivity contribution in [1.29, 1.82) is 0 Å². The van der Waals surface area contributed by atoms with Gasteiger partial charge in [-0.1, -0.05) is 24.6 Å². The number of hydrogen-bond donors (Lipinski definition) is 2. The van der Waals surface area contributed by atoms with Crippen molar-refractivity contribution < 1.29 is 19.1 Å². The van der Waals surface area contributed by atoms with Crippen LogP contribution in [-0.2, 0) is 27.8 Å². The summed E-state index contributed by atoms with van der Waals surface area (Å²) in [6.45, 7) is 3.72. The fourth-order valence-corrected chi connectivity index (χ4v) is 3.49. The van der Waals surface area contributed by atoms with E-state index in [0.29, 0.717) is 17.6 Å². The third-order valence-corrected chi connectivity index (χ3v) is 5.25. The Balaban J connectivity index is 1.85. The number of esters is 1. The van der Waals surface area contributed by atoms with Gasteiger partial charge >= 0.3 is 12.0 Å². The molecule has 0 saturated heterocycles. The van der Waals surface area contributed by atoms with Crippen LogP contribution in [-0.4, -0.2) is 50.6 Å². The van der Waals surface area contributed by atoms with Crippen molar-refractivity contribution in [2.45, 2.75) is 62.4 Å². The van der Waals surface area contributed by atoms with Crippen LogP contribution in [0.25, 0.3) is 0 Å². The van der Waals surface area contributed by atoms with Gasteiger partial charge in [0.15, 0.2) is 5.16 Å². The SMILES string of the molecule is CCOC(=O)Cc1nnc(S[C@@H](C)C(=O)NC(=O)NC2CCCC2)n1C. The highest BCUT2D eigenvalue weighted by Crippen LogP contribution is 2.22. The second kappa shape index (κ2) is 9.56. The molecule has 9 nitrogen and oxygen atoms in total. The summed E-state index contributed by atoms with van der Waals surface area (Å²) < 4.78 is 6.54. The molecule has 0 spiro atoms. The molecule has 1 heterocycles. The van der Waals surface area contributed by atoms with Crippen LogP contribution in [0.3, 0.4) is 0 Å². The van der Waals surface area contributed by atoms with E-state index in [-0.39, 0.29) is 18.4 Å². The minimum atomic E-state index is -0.539. The Labute approximate surface area is 156 Å². The highest BCUT2D eigenvalue weighted by Gasteiger charge is 2.23. The maximum Gasteiger partial charge on any atom is 0.321 e. The van der Waals surface area contributed by atoms with E-state index in [1.54, 1.807) is 25.5 Å². The molecule has 1 aliphatic carbocycles. The number of urea groups is 1. The maximum absolute atomic E-state index is 12.2. The van der Waals surface area contributed by atoms with Gasteiger partial charge in [0.2, 0.25) is 5.91 Å². The van der Waals surface area contributed by atoms with Crippen molar-refractivity contribution in [3.63, 3.8) is 0 Å². The second-order valence-electron chi connectivity index (χ2n) is 6.14. The lowest BCUT2D eigenvalue weighted by molar-refractivity contribution is -0.142. The van der Waals surface area contributed by atoms with Crippen molar-refractivity contribution in [3.05, 3.63) is 5.82 Å². The summed E-state index contributed by atoms with van der Waals surface area (Å²) in [7, 11) is 1.72. The molecule has 10 heteroatoms. The molecule has 1 atom stereocenters. The molecule has 144 valence electrons. The molecule has 3 amide bonds. The zero-order chi connectivity index (χ0) is 19.1. The molecule has 0 aromatic carbocycles. The van der Waals surface area contributed by atoms with Crippen LogP contribution >= 0.6 is 11.8 Å². The summed E-state index contributed by atoms with van der Waals surface area (Å²) in [5.41, 5.74) is 0.